The fraction of sp³-hybridized carbons (Fsp3) is 0.143. The van der Waals surface area contributed by atoms with E-state index in [1.54, 1.807) is 18.2 Å². The zero-order chi connectivity index (χ0) is 20.1. The molecule has 3 aromatic rings. The number of aryl methyl sites for hydroxylation is 2. The van der Waals surface area contributed by atoms with Gasteiger partial charge in [-0.3, -0.25) is 4.79 Å². The number of esters is 1. The molecule has 0 fully saturated rings. The van der Waals surface area contributed by atoms with E-state index in [0.29, 0.717) is 11.2 Å². The maximum absolute atomic E-state index is 12.2. The van der Waals surface area contributed by atoms with E-state index in [2.05, 4.69) is 10.3 Å². The van der Waals surface area contributed by atoms with Crippen LogP contribution in [0.25, 0.3) is 10.9 Å². The molecule has 1 aromatic heterocycles. The van der Waals surface area contributed by atoms with Gasteiger partial charge in [0.25, 0.3) is 5.91 Å². The molecule has 0 radical (unpaired) electrons. The van der Waals surface area contributed by atoms with E-state index in [9.17, 15) is 9.59 Å². The summed E-state index contributed by atoms with van der Waals surface area (Å²) in [7, 11) is 0. The number of amides is 1. The molecule has 3 rings (SSSR count). The second-order valence-electron chi connectivity index (χ2n) is 6.14. The predicted molar refractivity (Wildman–Crippen MR) is 108 cm³/mol. The summed E-state index contributed by atoms with van der Waals surface area (Å²) in [5.41, 5.74) is 3.13. The number of thioether (sulfide) groups is 1. The molecule has 0 bridgehead atoms. The fourth-order valence-corrected chi connectivity index (χ4v) is 3.37. The second kappa shape index (κ2) is 8.55. The highest BCUT2D eigenvalue weighted by atomic mass is 32.2. The van der Waals surface area contributed by atoms with Crippen LogP contribution in [0.3, 0.4) is 0 Å². The van der Waals surface area contributed by atoms with Crippen LogP contribution in [0, 0.1) is 24.5 Å². The van der Waals surface area contributed by atoms with Gasteiger partial charge in [-0.05, 0) is 61.0 Å². The Kier molecular flexibility index (Phi) is 5.92. The van der Waals surface area contributed by atoms with E-state index in [0.717, 1.165) is 33.2 Å². The summed E-state index contributed by atoms with van der Waals surface area (Å²) in [4.78, 5) is 29.5. The lowest BCUT2D eigenvalue weighted by Gasteiger charge is -2.13. The van der Waals surface area contributed by atoms with Crippen LogP contribution in [-0.4, -0.2) is 23.5 Å². The number of anilines is 1. The summed E-state index contributed by atoms with van der Waals surface area (Å²) in [6.45, 7) is 3.27. The number of thiocyanates is 1. The number of carbonyl (C=O) groups excluding carboxylic acids is 2. The third-order valence-electron chi connectivity index (χ3n) is 4.08. The highest BCUT2D eigenvalue weighted by Crippen LogP contribution is 2.27. The number of carbonyl (C=O) groups is 2. The second-order valence-corrected chi connectivity index (χ2v) is 7.00. The number of nitriles is 1. The number of rotatable bonds is 5. The molecule has 1 N–H and O–H groups in total. The molecule has 0 aliphatic rings. The molecule has 0 saturated heterocycles. The SMILES string of the molecule is Cc1cc(SC#N)cc(C)c1NC(=O)COC(=O)c1ccc2ccccc2n1. The maximum atomic E-state index is 12.2. The van der Waals surface area contributed by atoms with E-state index in [-0.39, 0.29) is 5.69 Å². The standard InChI is InChI=1S/C21H17N3O3S/c1-13-9-16(28-12-22)10-14(2)20(13)24-19(25)11-27-21(26)18-8-7-15-5-3-4-6-17(15)23-18/h3-10H,11H2,1-2H3,(H,24,25). The minimum absolute atomic E-state index is 0.150. The van der Waals surface area contributed by atoms with Gasteiger partial charge in [0.1, 0.15) is 11.1 Å². The molecule has 1 heterocycles. The van der Waals surface area contributed by atoms with Crippen molar-refractivity contribution in [2.75, 3.05) is 11.9 Å². The molecule has 7 heteroatoms. The first-order valence-corrected chi connectivity index (χ1v) is 9.29. The van der Waals surface area contributed by atoms with Crippen molar-refractivity contribution in [3.05, 3.63) is 65.4 Å². The fourth-order valence-electron chi connectivity index (χ4n) is 2.79. The number of aromatic nitrogens is 1. The maximum Gasteiger partial charge on any atom is 0.357 e. The molecular weight excluding hydrogens is 374 g/mol. The summed E-state index contributed by atoms with van der Waals surface area (Å²) in [5, 5.41) is 14.5. The molecule has 0 saturated carbocycles. The van der Waals surface area contributed by atoms with Gasteiger partial charge in [0.05, 0.1) is 5.52 Å². The molecule has 140 valence electrons. The number of ether oxygens (including phenoxy) is 1. The third kappa shape index (κ3) is 4.48. The summed E-state index contributed by atoms with van der Waals surface area (Å²) >= 11 is 1.06. The van der Waals surface area contributed by atoms with Crippen LogP contribution in [0.15, 0.2) is 53.4 Å². The van der Waals surface area contributed by atoms with Crippen molar-refractivity contribution >= 4 is 40.2 Å². The first-order valence-electron chi connectivity index (χ1n) is 8.48. The Morgan fingerprint density at radius 1 is 1.14 bits per heavy atom. The van der Waals surface area contributed by atoms with Crippen molar-refractivity contribution in [1.29, 1.82) is 5.26 Å². The number of nitrogens with zero attached hydrogens (tertiary/aromatic N) is 2. The van der Waals surface area contributed by atoms with Crippen molar-refractivity contribution in [3.63, 3.8) is 0 Å². The molecular formula is C21H17N3O3S. The Balaban J connectivity index is 1.63. The van der Waals surface area contributed by atoms with Gasteiger partial charge in [-0.25, -0.2) is 9.78 Å². The molecule has 0 aliphatic carbocycles. The summed E-state index contributed by atoms with van der Waals surface area (Å²) in [5.74, 6) is -1.10. The van der Waals surface area contributed by atoms with Crippen LogP contribution in [0.5, 0.6) is 0 Å². The van der Waals surface area contributed by atoms with Gasteiger partial charge in [0, 0.05) is 16.0 Å². The summed E-state index contributed by atoms with van der Waals surface area (Å²) < 4.78 is 5.09. The van der Waals surface area contributed by atoms with Gasteiger partial charge in [-0.15, -0.1) is 0 Å². The number of benzene rings is 2. The number of hydrogen-bond acceptors (Lipinski definition) is 6. The van der Waals surface area contributed by atoms with Crippen LogP contribution in [0.4, 0.5) is 5.69 Å². The number of hydrogen-bond donors (Lipinski definition) is 1. The average molecular weight is 391 g/mol. The van der Waals surface area contributed by atoms with Gasteiger partial charge in [0.15, 0.2) is 6.61 Å². The monoisotopic (exact) mass is 391 g/mol. The van der Waals surface area contributed by atoms with Crippen LogP contribution in [-0.2, 0) is 9.53 Å². The zero-order valence-electron chi connectivity index (χ0n) is 15.4. The first kappa shape index (κ1) is 19.4. The predicted octanol–water partition coefficient (Wildman–Crippen LogP) is 4.22. The molecule has 28 heavy (non-hydrogen) atoms. The number of nitrogens with one attached hydrogen (secondary N) is 1. The Bertz CT molecular complexity index is 1080. The van der Waals surface area contributed by atoms with Crippen LogP contribution >= 0.6 is 11.8 Å². The topological polar surface area (TPSA) is 92.1 Å². The van der Waals surface area contributed by atoms with E-state index < -0.39 is 18.5 Å². The minimum Gasteiger partial charge on any atom is -0.451 e. The van der Waals surface area contributed by atoms with Crippen molar-refractivity contribution in [1.82, 2.24) is 4.98 Å². The zero-order valence-corrected chi connectivity index (χ0v) is 16.2. The van der Waals surface area contributed by atoms with Gasteiger partial charge in [-0.2, -0.15) is 5.26 Å². The van der Waals surface area contributed by atoms with Crippen molar-refractivity contribution in [2.24, 2.45) is 0 Å². The van der Waals surface area contributed by atoms with Gasteiger partial charge in [0.2, 0.25) is 0 Å². The van der Waals surface area contributed by atoms with Crippen molar-refractivity contribution in [3.8, 4) is 5.40 Å². The van der Waals surface area contributed by atoms with Crippen molar-refractivity contribution < 1.29 is 14.3 Å². The smallest absolute Gasteiger partial charge is 0.357 e. The van der Waals surface area contributed by atoms with Gasteiger partial charge < -0.3 is 10.1 Å². The normalized spacial score (nSPS) is 10.3. The molecule has 6 nitrogen and oxygen atoms in total. The lowest BCUT2D eigenvalue weighted by molar-refractivity contribution is -0.119. The average Bonchev–Trinajstić information content (AvgIpc) is 2.69. The van der Waals surface area contributed by atoms with Crippen molar-refractivity contribution in [2.45, 2.75) is 18.7 Å². The van der Waals surface area contributed by atoms with Gasteiger partial charge >= 0.3 is 5.97 Å². The highest BCUT2D eigenvalue weighted by molar-refractivity contribution is 8.03. The Hall–Kier alpha value is -3.37. The van der Waals surface area contributed by atoms with E-state index >= 15 is 0 Å². The Morgan fingerprint density at radius 2 is 1.86 bits per heavy atom. The van der Waals surface area contributed by atoms with Crippen LogP contribution in [0.2, 0.25) is 0 Å². The van der Waals surface area contributed by atoms with E-state index in [1.165, 1.54) is 0 Å². The molecule has 1 amide bonds. The Labute approximate surface area is 166 Å². The van der Waals surface area contributed by atoms with Gasteiger partial charge in [-0.1, -0.05) is 24.3 Å². The largest absolute Gasteiger partial charge is 0.451 e. The summed E-state index contributed by atoms with van der Waals surface area (Å²) in [6.07, 6.45) is 0. The van der Waals surface area contributed by atoms with Crippen LogP contribution < -0.4 is 5.32 Å². The lowest BCUT2D eigenvalue weighted by Crippen LogP contribution is -2.22. The molecule has 0 atom stereocenters. The van der Waals surface area contributed by atoms with E-state index in [4.69, 9.17) is 10.00 Å². The molecule has 0 spiro atoms. The number of para-hydroxylation sites is 1. The molecule has 0 aliphatic heterocycles. The lowest BCUT2D eigenvalue weighted by atomic mass is 10.1. The third-order valence-corrected chi connectivity index (χ3v) is 4.64. The Morgan fingerprint density at radius 3 is 2.57 bits per heavy atom. The number of fused-ring (bicyclic) bond motifs is 1. The molecule has 0 unspecified atom stereocenters. The van der Waals surface area contributed by atoms with Crippen LogP contribution in [0.1, 0.15) is 21.6 Å². The quantitative estimate of drug-likeness (QED) is 0.398. The first-order chi connectivity index (χ1) is 13.5. The van der Waals surface area contributed by atoms with E-state index in [1.807, 2.05) is 49.6 Å². The highest BCUT2D eigenvalue weighted by Gasteiger charge is 2.14. The summed E-state index contributed by atoms with van der Waals surface area (Å²) in [6, 6.07) is 14.4. The molecule has 2 aromatic carbocycles. The minimum atomic E-state index is -0.657. The number of pyridine rings is 1.